The topological polar surface area (TPSA) is 108 Å². The molecule has 8 nitrogen and oxygen atoms in total. The van der Waals surface area contributed by atoms with Crippen LogP contribution in [0.15, 0.2) is 23.3 Å². The average Bonchev–Trinajstić information content (AvgIpc) is 3.56. The molecule has 2 heterocycles. The van der Waals surface area contributed by atoms with Gasteiger partial charge in [0, 0.05) is 47.5 Å². The molecule has 1 N–H and O–H groups in total. The van der Waals surface area contributed by atoms with Gasteiger partial charge in [0.1, 0.15) is 12.2 Å². The highest BCUT2D eigenvalue weighted by Gasteiger charge is 2.77. The molecule has 6 aliphatic rings. The molecule has 0 bridgehead atoms. The van der Waals surface area contributed by atoms with Crippen molar-refractivity contribution in [1.82, 2.24) is 0 Å². The number of hydrogen-bond donors (Lipinski definition) is 1. The standard InChI is InChI=1S/C33H46O8/c1-17(2)12-26(36)41-24-14-23(40-18(3)34)31(5)16-39-27-28(31)33(24,7)22-10-11-30(4)20(19-13-25(35)38-15-19)8-9-21(30)32(22,6)29(27)37/h9,12,19-20,22-24,27-29,37H,8,10-11,13-16H2,1-7H3/t19-,20+,22-,23-,24+,27-,28+,29-,30+,31-,32+,33+/m1/s1. The van der Waals surface area contributed by atoms with E-state index in [4.69, 9.17) is 18.9 Å². The molecule has 0 radical (unpaired) electrons. The average molecular weight is 571 g/mol. The van der Waals surface area contributed by atoms with Crippen LogP contribution in [0.2, 0.25) is 0 Å². The van der Waals surface area contributed by atoms with E-state index in [1.807, 2.05) is 13.8 Å². The van der Waals surface area contributed by atoms with Crippen LogP contribution in [0, 0.1) is 45.3 Å². The number of allylic oxidation sites excluding steroid dienone is 2. The second-order valence-electron chi connectivity index (χ2n) is 14.9. The van der Waals surface area contributed by atoms with Crippen molar-refractivity contribution in [2.75, 3.05) is 13.2 Å². The maximum absolute atomic E-state index is 13.1. The predicted octanol–water partition coefficient (Wildman–Crippen LogP) is 4.53. The number of esters is 3. The molecule has 6 rings (SSSR count). The van der Waals surface area contributed by atoms with Gasteiger partial charge in [0.05, 0.1) is 31.8 Å². The summed E-state index contributed by atoms with van der Waals surface area (Å²) in [6.45, 7) is 14.8. The van der Waals surface area contributed by atoms with E-state index in [0.717, 1.165) is 24.8 Å². The Kier molecular flexibility index (Phi) is 6.63. The molecule has 0 aromatic rings. The van der Waals surface area contributed by atoms with Gasteiger partial charge in [-0.25, -0.2) is 4.79 Å². The molecule has 226 valence electrons. The molecule has 8 heteroatoms. The van der Waals surface area contributed by atoms with E-state index in [-0.39, 0.29) is 41.0 Å². The molecule has 4 aliphatic carbocycles. The van der Waals surface area contributed by atoms with Crippen molar-refractivity contribution in [2.45, 2.75) is 105 Å². The van der Waals surface area contributed by atoms with Crippen molar-refractivity contribution in [2.24, 2.45) is 45.3 Å². The third-order valence-corrected chi connectivity index (χ3v) is 12.5. The van der Waals surface area contributed by atoms with Gasteiger partial charge in [0.15, 0.2) is 0 Å². The molecule has 0 unspecified atom stereocenters. The summed E-state index contributed by atoms with van der Waals surface area (Å²) in [5, 5.41) is 12.4. The molecule has 2 aliphatic heterocycles. The van der Waals surface area contributed by atoms with Crippen LogP contribution in [0.25, 0.3) is 0 Å². The van der Waals surface area contributed by atoms with Gasteiger partial charge in [-0.2, -0.15) is 0 Å². The Labute approximate surface area is 243 Å². The van der Waals surface area contributed by atoms with Crippen LogP contribution in [0.3, 0.4) is 0 Å². The largest absolute Gasteiger partial charge is 0.465 e. The Morgan fingerprint density at radius 3 is 2.46 bits per heavy atom. The van der Waals surface area contributed by atoms with Crippen molar-refractivity contribution in [3.8, 4) is 0 Å². The van der Waals surface area contributed by atoms with Crippen LogP contribution in [-0.4, -0.2) is 60.6 Å². The first kappa shape index (κ1) is 28.9. The van der Waals surface area contributed by atoms with E-state index in [2.05, 4.69) is 33.8 Å². The molecule has 0 amide bonds. The normalized spacial score (nSPS) is 49.7. The molecule has 5 fully saturated rings. The predicted molar refractivity (Wildman–Crippen MR) is 149 cm³/mol. The fourth-order valence-corrected chi connectivity index (χ4v) is 11.0. The van der Waals surface area contributed by atoms with E-state index < -0.39 is 46.6 Å². The number of carbonyl (C=O) groups is 3. The zero-order chi connectivity index (χ0) is 29.7. The smallest absolute Gasteiger partial charge is 0.330 e. The molecule has 0 aromatic carbocycles. The van der Waals surface area contributed by atoms with E-state index in [9.17, 15) is 19.5 Å². The lowest BCUT2D eigenvalue weighted by atomic mass is 9.36. The quantitative estimate of drug-likeness (QED) is 0.227. The zero-order valence-corrected chi connectivity index (χ0v) is 25.5. The first-order chi connectivity index (χ1) is 19.2. The minimum absolute atomic E-state index is 0.00888. The highest BCUT2D eigenvalue weighted by Crippen LogP contribution is 2.75. The summed E-state index contributed by atoms with van der Waals surface area (Å²) in [6, 6.07) is 0. The Hall–Kier alpha value is -2.19. The molecular weight excluding hydrogens is 524 g/mol. The van der Waals surface area contributed by atoms with E-state index >= 15 is 0 Å². The number of carbonyl (C=O) groups excluding carboxylic acids is 3. The van der Waals surface area contributed by atoms with Gasteiger partial charge < -0.3 is 24.1 Å². The molecular formula is C33H46O8. The van der Waals surface area contributed by atoms with Crippen LogP contribution >= 0.6 is 0 Å². The number of ether oxygens (including phenoxy) is 4. The minimum atomic E-state index is -0.774. The monoisotopic (exact) mass is 570 g/mol. The number of fused-ring (bicyclic) bond motifs is 4. The van der Waals surface area contributed by atoms with Gasteiger partial charge in [0.25, 0.3) is 0 Å². The summed E-state index contributed by atoms with van der Waals surface area (Å²) in [6.07, 6.45) is 5.05. The fourth-order valence-electron chi connectivity index (χ4n) is 11.0. The Bertz CT molecular complexity index is 1220. The minimum Gasteiger partial charge on any atom is -0.465 e. The summed E-state index contributed by atoms with van der Waals surface area (Å²) in [5.74, 6) is -0.596. The lowest BCUT2D eigenvalue weighted by molar-refractivity contribution is -0.263. The van der Waals surface area contributed by atoms with Crippen molar-refractivity contribution >= 4 is 17.9 Å². The highest BCUT2D eigenvalue weighted by molar-refractivity contribution is 5.82. The van der Waals surface area contributed by atoms with Crippen molar-refractivity contribution in [3.63, 3.8) is 0 Å². The first-order valence-electron chi connectivity index (χ1n) is 15.4. The lowest BCUT2D eigenvalue weighted by Gasteiger charge is -2.69. The molecule has 3 saturated carbocycles. The van der Waals surface area contributed by atoms with Crippen LogP contribution in [0.4, 0.5) is 0 Å². The number of aliphatic hydroxyl groups excluding tert-OH is 1. The fraction of sp³-hybridized carbons (Fsp3) is 0.788. The summed E-state index contributed by atoms with van der Waals surface area (Å²) in [4.78, 5) is 37.4. The summed E-state index contributed by atoms with van der Waals surface area (Å²) >= 11 is 0. The van der Waals surface area contributed by atoms with E-state index in [1.54, 1.807) is 0 Å². The summed E-state index contributed by atoms with van der Waals surface area (Å²) < 4.78 is 24.2. The van der Waals surface area contributed by atoms with Gasteiger partial charge in [-0.15, -0.1) is 0 Å². The van der Waals surface area contributed by atoms with E-state index in [1.165, 1.54) is 18.6 Å². The number of hydrogen-bond acceptors (Lipinski definition) is 8. The van der Waals surface area contributed by atoms with Gasteiger partial charge >= 0.3 is 17.9 Å². The summed E-state index contributed by atoms with van der Waals surface area (Å²) in [5.41, 5.74) is 0.279. The van der Waals surface area contributed by atoms with E-state index in [0.29, 0.717) is 26.1 Å². The summed E-state index contributed by atoms with van der Waals surface area (Å²) in [7, 11) is 0. The maximum atomic E-state index is 13.1. The molecule has 0 aromatic heterocycles. The van der Waals surface area contributed by atoms with Crippen LogP contribution in [0.5, 0.6) is 0 Å². The van der Waals surface area contributed by atoms with Gasteiger partial charge in [0.2, 0.25) is 0 Å². The highest BCUT2D eigenvalue weighted by atomic mass is 16.6. The Balaban J connectivity index is 1.44. The van der Waals surface area contributed by atoms with Crippen molar-refractivity contribution < 1.29 is 38.4 Å². The maximum Gasteiger partial charge on any atom is 0.330 e. The third kappa shape index (κ3) is 3.88. The van der Waals surface area contributed by atoms with Crippen LogP contribution < -0.4 is 0 Å². The SMILES string of the molecule is CC(=O)O[C@@H]1C[C@H](OC(=O)C=C(C)C)[C@]2(C)[C@@H]3CC[C@]4(C)C(=CC[C@H]4[C@H]4COC(=O)C4)[C@]3(C)[C@H](O)[C@@H]3OC[C@@]1(C)[C@H]32. The molecule has 2 saturated heterocycles. The Morgan fingerprint density at radius 1 is 1.10 bits per heavy atom. The molecule has 41 heavy (non-hydrogen) atoms. The first-order valence-corrected chi connectivity index (χ1v) is 15.4. The van der Waals surface area contributed by atoms with Crippen LogP contribution in [-0.2, 0) is 33.3 Å². The third-order valence-electron chi connectivity index (χ3n) is 12.5. The number of rotatable bonds is 4. The second-order valence-corrected chi connectivity index (χ2v) is 14.9. The van der Waals surface area contributed by atoms with Gasteiger partial charge in [-0.3, -0.25) is 9.59 Å². The number of cyclic esters (lactones) is 1. The molecule has 0 spiro atoms. The van der Waals surface area contributed by atoms with Crippen LogP contribution in [0.1, 0.15) is 80.6 Å². The zero-order valence-electron chi connectivity index (χ0n) is 25.5. The second kappa shape index (κ2) is 9.40. The van der Waals surface area contributed by atoms with Gasteiger partial charge in [-0.05, 0) is 50.4 Å². The lowest BCUT2D eigenvalue weighted by Crippen LogP contribution is -2.73. The van der Waals surface area contributed by atoms with Crippen molar-refractivity contribution in [1.29, 1.82) is 0 Å². The molecule has 12 atom stereocenters. The number of aliphatic hydroxyl groups is 1. The van der Waals surface area contributed by atoms with Crippen molar-refractivity contribution in [3.05, 3.63) is 23.3 Å². The van der Waals surface area contributed by atoms with Gasteiger partial charge in [-0.1, -0.05) is 44.9 Å². The Morgan fingerprint density at radius 2 is 1.83 bits per heavy atom.